The number of para-hydroxylation sites is 2. The molecule has 0 unspecified atom stereocenters. The van der Waals surface area contributed by atoms with Crippen molar-refractivity contribution in [2.24, 2.45) is 11.8 Å². The maximum Gasteiger partial charge on any atom is 0.127 e. The minimum atomic E-state index is -0.430. The third-order valence-corrected chi connectivity index (χ3v) is 15.0. The lowest BCUT2D eigenvalue weighted by Crippen LogP contribution is -2.22. The summed E-state index contributed by atoms with van der Waals surface area (Å²) in [7, 11) is 0. The topological polar surface area (TPSA) is 93.5 Å². The van der Waals surface area contributed by atoms with Crippen LogP contribution >= 0.6 is 0 Å². The quantitative estimate of drug-likeness (QED) is 0.127. The molecule has 0 bridgehead atoms. The van der Waals surface area contributed by atoms with Crippen molar-refractivity contribution in [1.29, 1.82) is 0 Å². The van der Waals surface area contributed by atoms with E-state index in [9.17, 15) is 10.2 Å². The van der Waals surface area contributed by atoms with Crippen LogP contribution in [0.1, 0.15) is 147 Å². The third kappa shape index (κ3) is 9.27. The first-order chi connectivity index (χ1) is 32.5. The number of hydrogen-bond donors (Lipinski definition) is 2. The number of hydrogen-bond acceptors (Lipinski definition) is 6. The van der Waals surface area contributed by atoms with Crippen LogP contribution in [0, 0.1) is 11.8 Å². The summed E-state index contributed by atoms with van der Waals surface area (Å²) in [6.07, 6.45) is 20.2. The van der Waals surface area contributed by atoms with Gasteiger partial charge in [0.25, 0.3) is 0 Å². The Balaban J connectivity index is 0.000000146. The van der Waals surface area contributed by atoms with Crippen molar-refractivity contribution in [2.75, 3.05) is 0 Å². The molecule has 0 spiro atoms. The standard InChI is InChI=1S/2C29H30N2O2/c2*32-29(28-27(22-8-9-22)17-14-24-18-30-19-31(24)28)23-10-6-20(7-11-23)21-12-15-26(16-13-21)33-25-4-2-1-3-5-25/h2*1-5,12-20,22-23,29,32H,6-11H2/t2*20?,23?,29-/m10/s1. The monoisotopic (exact) mass is 876 g/mol. The van der Waals surface area contributed by atoms with Crippen molar-refractivity contribution in [3.05, 3.63) is 192 Å². The average molecular weight is 877 g/mol. The minimum absolute atomic E-state index is 0.299. The number of aliphatic hydroxyl groups is 2. The van der Waals surface area contributed by atoms with Gasteiger partial charge in [-0.05, 0) is 195 Å². The predicted molar refractivity (Wildman–Crippen MR) is 260 cm³/mol. The van der Waals surface area contributed by atoms with Crippen LogP contribution < -0.4 is 9.47 Å². The summed E-state index contributed by atoms with van der Waals surface area (Å²) < 4.78 is 16.1. The summed E-state index contributed by atoms with van der Waals surface area (Å²) in [6, 6.07) is 45.6. The number of fused-ring (bicyclic) bond motifs is 2. The molecule has 4 heterocycles. The van der Waals surface area contributed by atoms with Gasteiger partial charge in [0.05, 0.1) is 59.7 Å². The molecule has 8 aromatic rings. The number of imidazole rings is 2. The van der Waals surface area contributed by atoms with Gasteiger partial charge in [0.1, 0.15) is 23.0 Å². The fourth-order valence-electron chi connectivity index (χ4n) is 11.0. The largest absolute Gasteiger partial charge is 0.457 e. The normalized spacial score (nSPS) is 21.7. The van der Waals surface area contributed by atoms with Gasteiger partial charge in [0, 0.05) is 0 Å². The van der Waals surface area contributed by atoms with E-state index in [1.54, 1.807) is 0 Å². The van der Waals surface area contributed by atoms with E-state index in [-0.39, 0.29) is 0 Å². The van der Waals surface area contributed by atoms with Gasteiger partial charge in [-0.1, -0.05) is 72.8 Å². The molecule has 2 N–H and O–H groups in total. The molecule has 8 heteroatoms. The van der Waals surface area contributed by atoms with E-state index >= 15 is 0 Å². The summed E-state index contributed by atoms with van der Waals surface area (Å²) in [5.41, 5.74) is 9.70. The van der Waals surface area contributed by atoms with Crippen LogP contribution in [0.25, 0.3) is 11.0 Å². The van der Waals surface area contributed by atoms with E-state index in [0.717, 1.165) is 96.8 Å². The van der Waals surface area contributed by atoms with Gasteiger partial charge in [0.15, 0.2) is 0 Å². The molecule has 2 atom stereocenters. The molecular weight excluding hydrogens is 817 g/mol. The SMILES string of the molecule is O[C@@H](c1c(C2CC2)ccc2cncn12)C1CCC(c2ccc(Oc3ccccc3)cc2)CC1.O[C@H](c1c(C2CC2)ccc2cncn12)C1CCC(c2ccc(Oc3ccccc3)cc2)CC1. The molecule has 336 valence electrons. The second-order valence-electron chi connectivity index (χ2n) is 19.4. The second-order valence-corrected chi connectivity index (χ2v) is 19.4. The summed E-state index contributed by atoms with van der Waals surface area (Å²) in [5.74, 6) is 6.36. The van der Waals surface area contributed by atoms with Crippen LogP contribution in [0.15, 0.2) is 159 Å². The van der Waals surface area contributed by atoms with Crippen LogP contribution in [0.2, 0.25) is 0 Å². The molecule has 0 aliphatic heterocycles. The molecule has 0 amide bonds. The fraction of sp³-hybridized carbons (Fsp3) is 0.345. The van der Waals surface area contributed by atoms with Gasteiger partial charge in [-0.3, -0.25) is 0 Å². The summed E-state index contributed by atoms with van der Waals surface area (Å²) in [5, 5.41) is 23.0. The maximum absolute atomic E-state index is 11.5. The highest BCUT2D eigenvalue weighted by molar-refractivity contribution is 5.51. The van der Waals surface area contributed by atoms with Crippen LogP contribution in [0.3, 0.4) is 0 Å². The zero-order valence-electron chi connectivity index (χ0n) is 37.6. The van der Waals surface area contributed by atoms with Gasteiger partial charge in [-0.25, -0.2) is 9.97 Å². The highest BCUT2D eigenvalue weighted by atomic mass is 16.5. The van der Waals surface area contributed by atoms with Crippen LogP contribution in [0.4, 0.5) is 0 Å². The maximum atomic E-state index is 11.5. The molecule has 8 nitrogen and oxygen atoms in total. The molecule has 12 rings (SSSR count). The predicted octanol–water partition coefficient (Wildman–Crippen LogP) is 14.0. The molecule has 4 aliphatic carbocycles. The second kappa shape index (κ2) is 18.9. The van der Waals surface area contributed by atoms with Crippen molar-refractivity contribution < 1.29 is 19.7 Å². The first-order valence-corrected chi connectivity index (χ1v) is 24.4. The van der Waals surface area contributed by atoms with E-state index in [2.05, 4.69) is 91.6 Å². The number of nitrogens with zero attached hydrogens (tertiary/aromatic N) is 4. The number of ether oxygens (including phenoxy) is 2. The van der Waals surface area contributed by atoms with Gasteiger partial charge < -0.3 is 28.5 Å². The van der Waals surface area contributed by atoms with Crippen molar-refractivity contribution in [3.8, 4) is 23.0 Å². The summed E-state index contributed by atoms with van der Waals surface area (Å²) >= 11 is 0. The average Bonchev–Trinajstić information content (AvgIpc) is 4.31. The number of pyridine rings is 2. The smallest absolute Gasteiger partial charge is 0.127 e. The van der Waals surface area contributed by atoms with Crippen molar-refractivity contribution in [3.63, 3.8) is 0 Å². The minimum Gasteiger partial charge on any atom is -0.457 e. The Morgan fingerprint density at radius 2 is 0.742 bits per heavy atom. The van der Waals surface area contributed by atoms with Gasteiger partial charge in [-0.15, -0.1) is 0 Å². The molecular formula is C58H60N4O4. The number of benzene rings is 4. The summed E-state index contributed by atoms with van der Waals surface area (Å²) in [6.45, 7) is 0. The van der Waals surface area contributed by atoms with Crippen LogP contribution in [0.5, 0.6) is 23.0 Å². The lowest BCUT2D eigenvalue weighted by molar-refractivity contribution is 0.0753. The van der Waals surface area contributed by atoms with Gasteiger partial charge in [-0.2, -0.15) is 0 Å². The van der Waals surface area contributed by atoms with Gasteiger partial charge in [0.2, 0.25) is 0 Å². The molecule has 4 aromatic carbocycles. The van der Waals surface area contributed by atoms with E-state index in [4.69, 9.17) is 9.47 Å². The fourth-order valence-corrected chi connectivity index (χ4v) is 11.0. The zero-order valence-corrected chi connectivity index (χ0v) is 37.6. The van der Waals surface area contributed by atoms with E-state index in [0.29, 0.717) is 35.5 Å². The Morgan fingerprint density at radius 3 is 1.11 bits per heavy atom. The molecule has 4 aliphatic rings. The number of aliphatic hydroxyl groups excluding tert-OH is 2. The van der Waals surface area contributed by atoms with Crippen LogP contribution in [-0.4, -0.2) is 29.0 Å². The zero-order chi connectivity index (χ0) is 44.4. The van der Waals surface area contributed by atoms with E-state index in [1.807, 2.05) is 85.7 Å². The molecule has 4 fully saturated rings. The molecule has 0 saturated heterocycles. The number of rotatable bonds is 12. The summed E-state index contributed by atoms with van der Waals surface area (Å²) in [4.78, 5) is 8.67. The molecule has 66 heavy (non-hydrogen) atoms. The Kier molecular flexibility index (Phi) is 12.2. The molecule has 4 aromatic heterocycles. The van der Waals surface area contributed by atoms with Crippen molar-refractivity contribution >= 4 is 11.0 Å². The first kappa shape index (κ1) is 42.4. The Labute approximate surface area is 387 Å². The van der Waals surface area contributed by atoms with Crippen LogP contribution in [-0.2, 0) is 0 Å². The number of aromatic nitrogens is 4. The lowest BCUT2D eigenvalue weighted by Gasteiger charge is -2.33. The van der Waals surface area contributed by atoms with Crippen molar-refractivity contribution in [2.45, 2.75) is 113 Å². The Bertz CT molecular complexity index is 2640. The highest BCUT2D eigenvalue weighted by Gasteiger charge is 2.36. The highest BCUT2D eigenvalue weighted by Crippen LogP contribution is 2.49. The van der Waals surface area contributed by atoms with E-state index in [1.165, 1.54) is 47.9 Å². The third-order valence-electron chi connectivity index (χ3n) is 15.0. The van der Waals surface area contributed by atoms with Crippen molar-refractivity contribution in [1.82, 2.24) is 18.8 Å². The Morgan fingerprint density at radius 1 is 0.394 bits per heavy atom. The molecule has 0 radical (unpaired) electrons. The Hall–Kier alpha value is -6.22. The molecule has 4 saturated carbocycles. The van der Waals surface area contributed by atoms with E-state index < -0.39 is 12.2 Å². The first-order valence-electron chi connectivity index (χ1n) is 24.4. The van der Waals surface area contributed by atoms with Gasteiger partial charge >= 0.3 is 0 Å². The lowest BCUT2D eigenvalue weighted by atomic mass is 9.75.